The highest BCUT2D eigenvalue weighted by Crippen LogP contribution is 2.10. The molecule has 0 amide bonds. The summed E-state index contributed by atoms with van der Waals surface area (Å²) in [7, 11) is 0. The molecule has 1 N–H and O–H groups in total. The Labute approximate surface area is 123 Å². The molecule has 0 aliphatic heterocycles. The molecule has 0 saturated heterocycles. The van der Waals surface area contributed by atoms with E-state index < -0.39 is 5.97 Å². The van der Waals surface area contributed by atoms with E-state index in [1.165, 1.54) is 44.9 Å². The van der Waals surface area contributed by atoms with Crippen molar-refractivity contribution in [3.8, 4) is 0 Å². The minimum absolute atomic E-state index is 0.0509. The summed E-state index contributed by atoms with van der Waals surface area (Å²) in [5.74, 6) is -0.659. The number of carbonyl (C=O) groups excluding carboxylic acids is 1. The Morgan fingerprint density at radius 1 is 0.842 bits per heavy atom. The number of carboxylic acid groups (broad SMARTS) is 1. The highest BCUT2D eigenvalue weighted by Gasteiger charge is 1.96. The van der Waals surface area contributed by atoms with Crippen molar-refractivity contribution >= 4 is 23.7 Å². The van der Waals surface area contributed by atoms with E-state index in [4.69, 9.17) is 5.11 Å². The molecule has 0 aromatic rings. The van der Waals surface area contributed by atoms with E-state index in [9.17, 15) is 9.59 Å². The van der Waals surface area contributed by atoms with Gasteiger partial charge in [-0.3, -0.25) is 9.59 Å². The zero-order chi connectivity index (χ0) is 14.9. The summed E-state index contributed by atoms with van der Waals surface area (Å²) in [6.07, 6.45) is 12.0. The van der Waals surface area contributed by atoms with Gasteiger partial charge in [0.1, 0.15) is 0 Å². The highest BCUT2D eigenvalue weighted by atomic mass is 32.1. The minimum Gasteiger partial charge on any atom is -0.481 e. The van der Waals surface area contributed by atoms with Crippen molar-refractivity contribution in [3.05, 3.63) is 0 Å². The van der Waals surface area contributed by atoms with Crippen molar-refractivity contribution in [2.45, 2.75) is 84.5 Å². The fraction of sp³-hybridized carbons (Fsp3) is 0.867. The van der Waals surface area contributed by atoms with Gasteiger partial charge in [0.2, 0.25) is 0 Å². The van der Waals surface area contributed by atoms with Gasteiger partial charge in [-0.1, -0.05) is 65.2 Å². The van der Waals surface area contributed by atoms with Crippen molar-refractivity contribution in [3.63, 3.8) is 0 Å². The number of thiol groups is 1. The van der Waals surface area contributed by atoms with Gasteiger partial charge in [-0.2, -0.15) is 0 Å². The van der Waals surface area contributed by atoms with Crippen LogP contribution in [0.25, 0.3) is 0 Å². The second-order valence-electron chi connectivity index (χ2n) is 4.72. The van der Waals surface area contributed by atoms with Crippen LogP contribution in [0.2, 0.25) is 0 Å². The van der Waals surface area contributed by atoms with Crippen LogP contribution < -0.4 is 0 Å². The second kappa shape index (κ2) is 17.5. The van der Waals surface area contributed by atoms with Crippen LogP contribution in [-0.2, 0) is 9.59 Å². The lowest BCUT2D eigenvalue weighted by Crippen LogP contribution is -1.93. The Balaban J connectivity index is 0. The number of rotatable bonds is 11. The number of hydrogen-bond donors (Lipinski definition) is 2. The Hall–Kier alpha value is -0.510. The van der Waals surface area contributed by atoms with Gasteiger partial charge < -0.3 is 5.11 Å². The number of carbonyl (C=O) groups is 2. The molecule has 0 aliphatic carbocycles. The van der Waals surface area contributed by atoms with E-state index in [0.717, 1.165) is 12.8 Å². The monoisotopic (exact) mass is 290 g/mol. The maximum Gasteiger partial charge on any atom is 0.303 e. The van der Waals surface area contributed by atoms with E-state index in [1.807, 2.05) is 0 Å². The summed E-state index contributed by atoms with van der Waals surface area (Å²) in [6.45, 7) is 4.00. The smallest absolute Gasteiger partial charge is 0.303 e. The third kappa shape index (κ3) is 26.9. The van der Waals surface area contributed by atoms with Gasteiger partial charge >= 0.3 is 5.97 Å². The van der Waals surface area contributed by atoms with E-state index in [0.29, 0.717) is 12.8 Å². The predicted octanol–water partition coefficient (Wildman–Crippen LogP) is 4.84. The average Bonchev–Trinajstić information content (AvgIpc) is 2.37. The van der Waals surface area contributed by atoms with Crippen molar-refractivity contribution in [2.75, 3.05) is 0 Å². The molecule has 114 valence electrons. The lowest BCUT2D eigenvalue weighted by Gasteiger charge is -2.00. The Bertz CT molecular complexity index is 217. The topological polar surface area (TPSA) is 54.4 Å². The van der Waals surface area contributed by atoms with Gasteiger partial charge in [0.25, 0.3) is 0 Å². The van der Waals surface area contributed by atoms with Crippen molar-refractivity contribution in [1.82, 2.24) is 0 Å². The molecule has 0 radical (unpaired) electrons. The Kier molecular flexibility index (Phi) is 19.1. The first-order valence-electron chi connectivity index (χ1n) is 7.48. The molecule has 0 heterocycles. The zero-order valence-electron chi connectivity index (χ0n) is 12.5. The molecule has 3 nitrogen and oxygen atoms in total. The number of unbranched alkanes of at least 4 members (excludes halogenated alkanes) is 8. The van der Waals surface area contributed by atoms with Gasteiger partial charge in [-0.15, -0.1) is 12.6 Å². The zero-order valence-corrected chi connectivity index (χ0v) is 13.4. The molecular weight excluding hydrogens is 260 g/mol. The summed E-state index contributed by atoms with van der Waals surface area (Å²) in [6, 6.07) is 0. The summed E-state index contributed by atoms with van der Waals surface area (Å²) in [5.41, 5.74) is 0. The lowest BCUT2D eigenvalue weighted by atomic mass is 10.1. The van der Waals surface area contributed by atoms with Gasteiger partial charge in [-0.05, 0) is 6.42 Å². The summed E-state index contributed by atoms with van der Waals surface area (Å²) < 4.78 is 0. The van der Waals surface area contributed by atoms with E-state index >= 15 is 0 Å². The van der Waals surface area contributed by atoms with E-state index in [1.54, 1.807) is 6.92 Å². The third-order valence-electron chi connectivity index (χ3n) is 2.80. The standard InChI is InChI=1S/C12H24O2.C3H6OS/c1-2-3-4-5-6-7-8-9-10-11-12(13)14;1-2-3(4)5/h2-11H2,1H3,(H,13,14);2H2,1H3,(H,4,5). The first-order chi connectivity index (χ1) is 9.04. The quantitative estimate of drug-likeness (QED) is 0.422. The van der Waals surface area contributed by atoms with Crippen LogP contribution in [0.5, 0.6) is 0 Å². The molecule has 0 bridgehead atoms. The van der Waals surface area contributed by atoms with Crippen LogP contribution in [0.1, 0.15) is 84.5 Å². The average molecular weight is 290 g/mol. The van der Waals surface area contributed by atoms with Crippen molar-refractivity contribution in [1.29, 1.82) is 0 Å². The molecule has 0 unspecified atom stereocenters. The fourth-order valence-corrected chi connectivity index (χ4v) is 1.59. The molecule has 4 heteroatoms. The summed E-state index contributed by atoms with van der Waals surface area (Å²) in [5, 5.41) is 8.36. The van der Waals surface area contributed by atoms with Crippen LogP contribution >= 0.6 is 12.6 Å². The molecule has 0 aromatic heterocycles. The largest absolute Gasteiger partial charge is 0.481 e. The molecule has 0 aromatic carbocycles. The molecule has 0 spiro atoms. The molecule has 0 atom stereocenters. The van der Waals surface area contributed by atoms with Gasteiger partial charge in [0, 0.05) is 12.8 Å². The molecule has 0 saturated carbocycles. The van der Waals surface area contributed by atoms with Gasteiger partial charge in [0.15, 0.2) is 5.12 Å². The van der Waals surface area contributed by atoms with Crippen LogP contribution in [0.4, 0.5) is 0 Å². The van der Waals surface area contributed by atoms with Crippen LogP contribution in [0, 0.1) is 0 Å². The van der Waals surface area contributed by atoms with E-state index in [-0.39, 0.29) is 5.12 Å². The summed E-state index contributed by atoms with van der Waals surface area (Å²) >= 11 is 3.46. The van der Waals surface area contributed by atoms with E-state index in [2.05, 4.69) is 19.6 Å². The van der Waals surface area contributed by atoms with Crippen LogP contribution in [0.15, 0.2) is 0 Å². The fourth-order valence-electron chi connectivity index (χ4n) is 1.59. The normalized spacial score (nSPS) is 9.63. The van der Waals surface area contributed by atoms with Gasteiger partial charge in [0.05, 0.1) is 0 Å². The lowest BCUT2D eigenvalue weighted by molar-refractivity contribution is -0.137. The predicted molar refractivity (Wildman–Crippen MR) is 83.8 cm³/mol. The minimum atomic E-state index is -0.659. The molecular formula is C15H30O3S. The van der Waals surface area contributed by atoms with Crippen LogP contribution in [-0.4, -0.2) is 16.2 Å². The number of hydrogen-bond acceptors (Lipinski definition) is 2. The Morgan fingerprint density at radius 2 is 1.21 bits per heavy atom. The summed E-state index contributed by atoms with van der Waals surface area (Å²) in [4.78, 5) is 19.9. The van der Waals surface area contributed by atoms with Crippen molar-refractivity contribution < 1.29 is 14.7 Å². The Morgan fingerprint density at radius 3 is 1.53 bits per heavy atom. The van der Waals surface area contributed by atoms with Crippen molar-refractivity contribution in [2.24, 2.45) is 0 Å². The highest BCUT2D eigenvalue weighted by molar-refractivity contribution is 7.96. The number of carboxylic acids is 1. The van der Waals surface area contributed by atoms with Gasteiger partial charge in [-0.25, -0.2) is 0 Å². The van der Waals surface area contributed by atoms with Crippen LogP contribution in [0.3, 0.4) is 0 Å². The maximum absolute atomic E-state index is 10.2. The third-order valence-corrected chi connectivity index (χ3v) is 3.11. The number of aliphatic carboxylic acids is 1. The SMILES string of the molecule is CCC(=O)S.CCCCCCCCCCCC(=O)O. The first-order valence-corrected chi connectivity index (χ1v) is 7.92. The second-order valence-corrected chi connectivity index (χ2v) is 5.22. The maximum atomic E-state index is 10.2. The first kappa shape index (κ1) is 20.8. The molecule has 0 aliphatic rings. The molecule has 19 heavy (non-hydrogen) atoms. The molecule has 0 rings (SSSR count). The molecule has 0 fully saturated rings.